The van der Waals surface area contributed by atoms with Crippen LogP contribution in [0.3, 0.4) is 0 Å². The summed E-state index contributed by atoms with van der Waals surface area (Å²) < 4.78 is 35.6. The SMILES string of the molecule is NCC[C@H](O)C(=O)N[C@@H]1C[C@H](N)[C@@H](O[C@H]2O[C@H](CNCCO)[C@@H](O)C[C@H]2N)[C@H](O[C@@H]2O[C@H](CO)[C@@H](O[C@H]3O[C@@H](CN)[C@@H](O)[C@H](O)[C@H]3N)[C@H]2O)[C@H]1O. The minimum absolute atomic E-state index is 0.0191. The molecule has 3 aliphatic heterocycles. The Labute approximate surface area is 294 Å². The maximum absolute atomic E-state index is 12.7. The van der Waals surface area contributed by atoms with Gasteiger partial charge in [0.25, 0.3) is 0 Å². The van der Waals surface area contributed by atoms with Crippen molar-refractivity contribution in [2.24, 2.45) is 28.7 Å². The highest BCUT2D eigenvalue weighted by Gasteiger charge is 2.54. The number of carbonyl (C=O) groups excluding carboxylic acids is 1. The van der Waals surface area contributed by atoms with Crippen LogP contribution in [-0.4, -0.2) is 202 Å². The van der Waals surface area contributed by atoms with Gasteiger partial charge in [-0.3, -0.25) is 4.79 Å². The van der Waals surface area contributed by atoms with Crippen LogP contribution < -0.4 is 39.3 Å². The Morgan fingerprint density at radius 2 is 1.41 bits per heavy atom. The number of nitrogens with two attached hydrogens (primary N) is 5. The van der Waals surface area contributed by atoms with E-state index in [1.807, 2.05) is 0 Å². The normalized spacial score (nSPS) is 45.4. The predicted molar refractivity (Wildman–Crippen MR) is 172 cm³/mol. The van der Waals surface area contributed by atoms with Gasteiger partial charge in [-0.25, -0.2) is 0 Å². The van der Waals surface area contributed by atoms with Gasteiger partial charge < -0.3 is 109 Å². The minimum atomic E-state index is -1.69. The first-order valence-corrected chi connectivity index (χ1v) is 17.2. The monoisotopic (exact) mass is 743 g/mol. The molecule has 22 nitrogen and oxygen atoms in total. The maximum atomic E-state index is 12.7. The first-order valence-electron chi connectivity index (χ1n) is 17.2. The number of hydrogen-bond donors (Lipinski definition) is 15. The number of aliphatic hydroxyl groups is 8. The number of carbonyl (C=O) groups is 1. The van der Waals surface area contributed by atoms with Crippen LogP contribution in [0.1, 0.15) is 19.3 Å². The van der Waals surface area contributed by atoms with Gasteiger partial charge in [0.1, 0.15) is 61.0 Å². The average molecular weight is 744 g/mol. The van der Waals surface area contributed by atoms with Gasteiger partial charge in [-0.2, -0.15) is 0 Å². The zero-order valence-corrected chi connectivity index (χ0v) is 28.2. The second-order valence-electron chi connectivity index (χ2n) is 13.4. The third-order valence-electron chi connectivity index (χ3n) is 9.65. The topological polar surface area (TPSA) is 388 Å². The summed E-state index contributed by atoms with van der Waals surface area (Å²) in [7, 11) is 0. The van der Waals surface area contributed by atoms with Crippen LogP contribution in [0.15, 0.2) is 0 Å². The van der Waals surface area contributed by atoms with E-state index in [0.29, 0.717) is 0 Å². The summed E-state index contributed by atoms with van der Waals surface area (Å²) in [4.78, 5) is 12.7. The van der Waals surface area contributed by atoms with Crippen molar-refractivity contribution < 1.29 is 74.1 Å². The smallest absolute Gasteiger partial charge is 0.249 e. The molecular formula is C29H57N7O15. The number of amides is 1. The van der Waals surface area contributed by atoms with Crippen molar-refractivity contribution in [2.45, 2.75) is 136 Å². The van der Waals surface area contributed by atoms with Gasteiger partial charge in [-0.1, -0.05) is 0 Å². The lowest BCUT2D eigenvalue weighted by molar-refractivity contribution is -0.296. The molecule has 51 heavy (non-hydrogen) atoms. The number of ether oxygens (including phenoxy) is 6. The lowest BCUT2D eigenvalue weighted by Crippen LogP contribution is -2.67. The summed E-state index contributed by atoms with van der Waals surface area (Å²) in [5, 5.41) is 89.0. The van der Waals surface area contributed by atoms with Crippen molar-refractivity contribution >= 4 is 5.91 Å². The van der Waals surface area contributed by atoms with Gasteiger partial charge in [0.05, 0.1) is 43.5 Å². The third-order valence-corrected chi connectivity index (χ3v) is 9.65. The fourth-order valence-corrected chi connectivity index (χ4v) is 6.70. The highest BCUT2D eigenvalue weighted by Crippen LogP contribution is 2.34. The Hall–Kier alpha value is -1.33. The van der Waals surface area contributed by atoms with Crippen LogP contribution in [0, 0.1) is 0 Å². The Morgan fingerprint density at radius 1 is 0.765 bits per heavy atom. The van der Waals surface area contributed by atoms with Gasteiger partial charge >= 0.3 is 0 Å². The highest BCUT2D eigenvalue weighted by atomic mass is 16.8. The van der Waals surface area contributed by atoms with E-state index in [1.54, 1.807) is 0 Å². The highest BCUT2D eigenvalue weighted by molar-refractivity contribution is 5.80. The van der Waals surface area contributed by atoms with E-state index in [4.69, 9.17) is 62.2 Å². The van der Waals surface area contributed by atoms with Crippen LogP contribution in [0.25, 0.3) is 0 Å². The van der Waals surface area contributed by atoms with Gasteiger partial charge in [0, 0.05) is 25.7 Å². The molecule has 0 aromatic carbocycles. The van der Waals surface area contributed by atoms with E-state index in [0.717, 1.165) is 0 Å². The molecule has 4 aliphatic rings. The van der Waals surface area contributed by atoms with Crippen molar-refractivity contribution in [3.63, 3.8) is 0 Å². The third kappa shape index (κ3) is 10.1. The molecular weight excluding hydrogens is 686 g/mol. The molecule has 19 atom stereocenters. The number of aliphatic hydroxyl groups excluding tert-OH is 8. The maximum Gasteiger partial charge on any atom is 0.249 e. The molecule has 0 aromatic rings. The molecule has 4 fully saturated rings. The van der Waals surface area contributed by atoms with Gasteiger partial charge in [0.15, 0.2) is 18.9 Å². The quantitative estimate of drug-likeness (QED) is 0.0652. The lowest BCUT2D eigenvalue weighted by atomic mass is 9.83. The minimum Gasteiger partial charge on any atom is -0.395 e. The lowest BCUT2D eigenvalue weighted by Gasteiger charge is -2.47. The van der Waals surface area contributed by atoms with Crippen molar-refractivity contribution in [3.8, 4) is 0 Å². The zero-order valence-electron chi connectivity index (χ0n) is 28.2. The standard InChI is InChI=1S/C29H57N7O15/c30-2-1-13(39)26(45)36-12-5-10(32)23(49-27-11(33)6-14(40)16(47-27)8-35-3-4-37)25(19(12)41)51-29-22(44)24(17(9-38)48-29)50-28-18(34)21(43)20(42)15(7-31)46-28/h10-25,27-29,35,37-44H,1-9,30-34H2,(H,36,45)/t10-,11+,12+,13-,14-,15-,16+,17+,18+,19-,20+,21+,22+,23+,24+,25+,27+,28+,29-/m0/s1. The van der Waals surface area contributed by atoms with E-state index in [9.17, 15) is 40.5 Å². The van der Waals surface area contributed by atoms with E-state index < -0.39 is 129 Å². The molecule has 1 aliphatic carbocycles. The molecule has 3 heterocycles. The molecule has 0 bridgehead atoms. The fourth-order valence-electron chi connectivity index (χ4n) is 6.70. The Morgan fingerprint density at radius 3 is 2.06 bits per heavy atom. The second-order valence-corrected chi connectivity index (χ2v) is 13.4. The Balaban J connectivity index is 1.55. The summed E-state index contributed by atoms with van der Waals surface area (Å²) >= 11 is 0. The molecule has 3 saturated heterocycles. The van der Waals surface area contributed by atoms with Crippen LogP contribution in [0.5, 0.6) is 0 Å². The molecule has 1 amide bonds. The number of rotatable bonds is 16. The number of hydrogen-bond acceptors (Lipinski definition) is 21. The molecule has 298 valence electrons. The summed E-state index contributed by atoms with van der Waals surface area (Å²) in [5.74, 6) is -0.822. The van der Waals surface area contributed by atoms with Crippen LogP contribution in [0.2, 0.25) is 0 Å². The first-order chi connectivity index (χ1) is 24.3. The predicted octanol–water partition coefficient (Wildman–Crippen LogP) is -9.38. The molecule has 4 rings (SSSR count). The molecule has 0 radical (unpaired) electrons. The van der Waals surface area contributed by atoms with Crippen LogP contribution >= 0.6 is 0 Å². The molecule has 0 aromatic heterocycles. The van der Waals surface area contributed by atoms with E-state index in [-0.39, 0.29) is 52.0 Å². The van der Waals surface area contributed by atoms with Crippen molar-refractivity contribution in [3.05, 3.63) is 0 Å². The van der Waals surface area contributed by atoms with Crippen molar-refractivity contribution in [2.75, 3.05) is 39.4 Å². The largest absolute Gasteiger partial charge is 0.395 e. The van der Waals surface area contributed by atoms with Gasteiger partial charge in [0.2, 0.25) is 5.91 Å². The fraction of sp³-hybridized carbons (Fsp3) is 0.966. The van der Waals surface area contributed by atoms with E-state index in [1.165, 1.54) is 0 Å². The Kier molecular flexibility index (Phi) is 16.1. The molecule has 0 unspecified atom stereocenters. The summed E-state index contributed by atoms with van der Waals surface area (Å²) in [6, 6.07) is -4.24. The van der Waals surface area contributed by atoms with Crippen LogP contribution in [0.4, 0.5) is 0 Å². The van der Waals surface area contributed by atoms with Gasteiger partial charge in [-0.05, 0) is 25.8 Å². The number of nitrogens with one attached hydrogen (secondary N) is 2. The zero-order chi connectivity index (χ0) is 37.6. The molecule has 22 heteroatoms. The van der Waals surface area contributed by atoms with Crippen LogP contribution in [-0.2, 0) is 33.2 Å². The van der Waals surface area contributed by atoms with Crippen molar-refractivity contribution in [1.82, 2.24) is 10.6 Å². The average Bonchev–Trinajstić information content (AvgIpc) is 3.39. The Bertz CT molecular complexity index is 1080. The second kappa shape index (κ2) is 19.3. The van der Waals surface area contributed by atoms with E-state index in [2.05, 4.69) is 10.6 Å². The van der Waals surface area contributed by atoms with Crippen molar-refractivity contribution in [1.29, 1.82) is 0 Å². The van der Waals surface area contributed by atoms with Gasteiger partial charge in [-0.15, -0.1) is 0 Å². The summed E-state index contributed by atoms with van der Waals surface area (Å²) in [6.07, 6.45) is -20.1. The molecule has 1 saturated carbocycles. The summed E-state index contributed by atoms with van der Waals surface area (Å²) in [5.41, 5.74) is 30.0. The van der Waals surface area contributed by atoms with E-state index >= 15 is 0 Å². The summed E-state index contributed by atoms with van der Waals surface area (Å²) in [6.45, 7) is -0.627. The first kappa shape index (κ1) is 42.4. The molecule has 20 N–H and O–H groups in total. The molecule has 0 spiro atoms.